The fourth-order valence-corrected chi connectivity index (χ4v) is 1.51. The lowest BCUT2D eigenvalue weighted by molar-refractivity contribution is -0.143. The normalized spacial score (nSPS) is 14.4. The van der Waals surface area contributed by atoms with E-state index in [1.54, 1.807) is 24.3 Å². The Morgan fingerprint density at radius 2 is 2.00 bits per heavy atom. The van der Waals surface area contributed by atoms with Crippen LogP contribution in [0.1, 0.15) is 18.9 Å². The number of carbonyl (C=O) groups is 1. The van der Waals surface area contributed by atoms with Gasteiger partial charge in [0.1, 0.15) is 5.67 Å². The van der Waals surface area contributed by atoms with Gasteiger partial charge in [0.25, 0.3) is 0 Å². The maximum Gasteiger partial charge on any atom is 0.309 e. The standard InChI is InChI=1S/C11H12BrFO2/c1-11(13,7-10(14)15-2)8-3-5-9(12)6-4-8/h3-6H,7H2,1-2H3. The number of carbonyl (C=O) groups excluding carboxylic acids is 1. The average Bonchev–Trinajstić information content (AvgIpc) is 2.17. The minimum absolute atomic E-state index is 0.273. The molecule has 0 aromatic heterocycles. The van der Waals surface area contributed by atoms with Crippen LogP contribution in [0.3, 0.4) is 0 Å². The van der Waals surface area contributed by atoms with E-state index in [0.717, 1.165) is 4.47 Å². The number of benzene rings is 1. The molecule has 2 nitrogen and oxygen atoms in total. The number of rotatable bonds is 3. The number of esters is 1. The van der Waals surface area contributed by atoms with E-state index in [-0.39, 0.29) is 6.42 Å². The molecule has 0 saturated heterocycles. The third-order valence-corrected chi connectivity index (χ3v) is 2.68. The predicted octanol–water partition coefficient (Wildman–Crippen LogP) is 3.20. The molecule has 1 rings (SSSR count). The van der Waals surface area contributed by atoms with E-state index in [1.165, 1.54) is 14.0 Å². The Hall–Kier alpha value is -0.900. The summed E-state index contributed by atoms with van der Waals surface area (Å²) < 4.78 is 19.4. The molecule has 1 atom stereocenters. The van der Waals surface area contributed by atoms with Crippen molar-refractivity contribution in [2.24, 2.45) is 0 Å². The molecule has 0 aliphatic rings. The summed E-state index contributed by atoms with van der Waals surface area (Å²) in [7, 11) is 1.25. The Kier molecular flexibility index (Phi) is 3.85. The second-order valence-electron chi connectivity index (χ2n) is 3.46. The topological polar surface area (TPSA) is 26.3 Å². The summed E-state index contributed by atoms with van der Waals surface area (Å²) in [6.45, 7) is 1.37. The van der Waals surface area contributed by atoms with Gasteiger partial charge in [0.05, 0.1) is 13.5 Å². The van der Waals surface area contributed by atoms with Crippen molar-refractivity contribution in [1.29, 1.82) is 0 Å². The molecule has 1 aromatic rings. The van der Waals surface area contributed by atoms with Crippen molar-refractivity contribution in [1.82, 2.24) is 0 Å². The van der Waals surface area contributed by atoms with E-state index < -0.39 is 11.6 Å². The summed E-state index contributed by atoms with van der Waals surface area (Å²) >= 11 is 3.26. The van der Waals surface area contributed by atoms with Crippen LogP contribution in [0.4, 0.5) is 4.39 Å². The molecule has 0 amide bonds. The molecule has 0 spiro atoms. The molecule has 15 heavy (non-hydrogen) atoms. The van der Waals surface area contributed by atoms with E-state index in [9.17, 15) is 9.18 Å². The number of hydrogen-bond acceptors (Lipinski definition) is 2. The summed E-state index contributed by atoms with van der Waals surface area (Å²) in [5, 5.41) is 0. The van der Waals surface area contributed by atoms with E-state index in [4.69, 9.17) is 0 Å². The highest BCUT2D eigenvalue weighted by Gasteiger charge is 2.29. The van der Waals surface area contributed by atoms with Gasteiger partial charge < -0.3 is 4.74 Å². The second-order valence-corrected chi connectivity index (χ2v) is 4.37. The van der Waals surface area contributed by atoms with Crippen LogP contribution in [-0.4, -0.2) is 13.1 Å². The van der Waals surface area contributed by atoms with Gasteiger partial charge in [0, 0.05) is 4.47 Å². The molecule has 4 heteroatoms. The van der Waals surface area contributed by atoms with Crippen LogP contribution in [0.5, 0.6) is 0 Å². The summed E-state index contributed by atoms with van der Waals surface area (Å²) in [4.78, 5) is 11.0. The zero-order valence-corrected chi connectivity index (χ0v) is 10.2. The molecule has 0 aliphatic heterocycles. The van der Waals surface area contributed by atoms with Crippen molar-refractivity contribution < 1.29 is 13.9 Å². The van der Waals surface area contributed by atoms with Crippen molar-refractivity contribution >= 4 is 21.9 Å². The van der Waals surface area contributed by atoms with Crippen LogP contribution in [0.25, 0.3) is 0 Å². The van der Waals surface area contributed by atoms with Crippen molar-refractivity contribution in [3.63, 3.8) is 0 Å². The maximum atomic E-state index is 14.1. The molecular weight excluding hydrogens is 263 g/mol. The van der Waals surface area contributed by atoms with Gasteiger partial charge in [-0.15, -0.1) is 0 Å². The lowest BCUT2D eigenvalue weighted by Crippen LogP contribution is -2.21. The monoisotopic (exact) mass is 274 g/mol. The van der Waals surface area contributed by atoms with E-state index >= 15 is 0 Å². The lowest BCUT2D eigenvalue weighted by atomic mass is 9.95. The Balaban J connectivity index is 2.85. The number of hydrogen-bond donors (Lipinski definition) is 0. The fourth-order valence-electron chi connectivity index (χ4n) is 1.24. The van der Waals surface area contributed by atoms with Crippen LogP contribution < -0.4 is 0 Å². The Morgan fingerprint density at radius 3 is 2.47 bits per heavy atom. The van der Waals surface area contributed by atoms with Gasteiger partial charge in [0.15, 0.2) is 0 Å². The Bertz CT molecular complexity index is 346. The summed E-state index contributed by atoms with van der Waals surface area (Å²) in [6, 6.07) is 6.77. The van der Waals surface area contributed by atoms with Crippen molar-refractivity contribution in [3.8, 4) is 0 Å². The second kappa shape index (κ2) is 4.75. The fraction of sp³-hybridized carbons (Fsp3) is 0.364. The summed E-state index contributed by atoms with van der Waals surface area (Å²) in [5.41, 5.74) is -1.22. The third kappa shape index (κ3) is 3.30. The predicted molar refractivity (Wildman–Crippen MR) is 59.2 cm³/mol. The lowest BCUT2D eigenvalue weighted by Gasteiger charge is -2.19. The number of ether oxygens (including phenoxy) is 1. The first-order valence-corrected chi connectivity index (χ1v) is 5.27. The molecule has 0 saturated carbocycles. The molecule has 0 heterocycles. The van der Waals surface area contributed by atoms with Gasteiger partial charge in [-0.3, -0.25) is 4.79 Å². The summed E-state index contributed by atoms with van der Waals surface area (Å²) in [5.74, 6) is -0.553. The number of halogens is 2. The molecule has 1 unspecified atom stereocenters. The van der Waals surface area contributed by atoms with Crippen molar-refractivity contribution in [2.75, 3.05) is 7.11 Å². The van der Waals surface area contributed by atoms with Gasteiger partial charge in [-0.25, -0.2) is 4.39 Å². The zero-order valence-electron chi connectivity index (χ0n) is 8.59. The molecule has 0 bridgehead atoms. The SMILES string of the molecule is COC(=O)CC(C)(F)c1ccc(Br)cc1. The maximum absolute atomic E-state index is 14.1. The number of alkyl halides is 1. The minimum Gasteiger partial charge on any atom is -0.469 e. The molecule has 0 radical (unpaired) electrons. The van der Waals surface area contributed by atoms with Crippen LogP contribution in [0, 0.1) is 0 Å². The largest absolute Gasteiger partial charge is 0.469 e. The Morgan fingerprint density at radius 1 is 1.47 bits per heavy atom. The van der Waals surface area contributed by atoms with Gasteiger partial charge in [-0.2, -0.15) is 0 Å². The zero-order chi connectivity index (χ0) is 11.5. The van der Waals surface area contributed by atoms with Crippen molar-refractivity contribution in [3.05, 3.63) is 34.3 Å². The van der Waals surface area contributed by atoms with E-state index in [1.807, 2.05) is 0 Å². The van der Waals surface area contributed by atoms with Gasteiger partial charge >= 0.3 is 5.97 Å². The Labute approximate surface area is 96.6 Å². The van der Waals surface area contributed by atoms with E-state index in [2.05, 4.69) is 20.7 Å². The van der Waals surface area contributed by atoms with Gasteiger partial charge in [0.2, 0.25) is 0 Å². The molecule has 1 aromatic carbocycles. The minimum atomic E-state index is -1.69. The first-order chi connectivity index (χ1) is 6.95. The summed E-state index contributed by atoms with van der Waals surface area (Å²) in [6.07, 6.45) is -0.273. The third-order valence-electron chi connectivity index (χ3n) is 2.15. The first-order valence-electron chi connectivity index (χ1n) is 4.47. The quantitative estimate of drug-likeness (QED) is 0.792. The highest BCUT2D eigenvalue weighted by atomic mass is 79.9. The molecular formula is C11H12BrFO2. The van der Waals surface area contributed by atoms with Crippen LogP contribution in [-0.2, 0) is 15.2 Å². The van der Waals surface area contributed by atoms with Gasteiger partial charge in [-0.1, -0.05) is 28.1 Å². The highest BCUT2D eigenvalue weighted by Crippen LogP contribution is 2.30. The first kappa shape index (κ1) is 12.2. The average molecular weight is 275 g/mol. The molecule has 0 N–H and O–H groups in total. The highest BCUT2D eigenvalue weighted by molar-refractivity contribution is 9.10. The van der Waals surface area contributed by atoms with Crippen LogP contribution in [0.2, 0.25) is 0 Å². The van der Waals surface area contributed by atoms with E-state index in [0.29, 0.717) is 5.56 Å². The number of methoxy groups -OCH3 is 1. The molecule has 0 fully saturated rings. The smallest absolute Gasteiger partial charge is 0.309 e. The molecule has 0 aliphatic carbocycles. The molecule has 82 valence electrons. The van der Waals surface area contributed by atoms with Crippen LogP contribution >= 0.6 is 15.9 Å². The van der Waals surface area contributed by atoms with Gasteiger partial charge in [-0.05, 0) is 24.6 Å². The van der Waals surface area contributed by atoms with Crippen molar-refractivity contribution in [2.45, 2.75) is 19.0 Å². The van der Waals surface area contributed by atoms with Crippen LogP contribution in [0.15, 0.2) is 28.7 Å².